The molecule has 0 fully saturated rings. The number of hydrogen-bond donors (Lipinski definition) is 0. The van der Waals surface area contributed by atoms with Crippen LogP contribution in [0, 0.1) is 6.92 Å². The number of thioether (sulfide) groups is 1. The van der Waals surface area contributed by atoms with Crippen LogP contribution in [0.4, 0.5) is 0 Å². The number of fused-ring (bicyclic) bond motifs is 1. The van der Waals surface area contributed by atoms with E-state index in [1.165, 1.54) is 5.56 Å². The smallest absolute Gasteiger partial charge is 0.173 e. The van der Waals surface area contributed by atoms with Gasteiger partial charge in [0.25, 0.3) is 0 Å². The summed E-state index contributed by atoms with van der Waals surface area (Å²) < 4.78 is 0. The lowest BCUT2D eigenvalue weighted by atomic mass is 10.0. The average Bonchev–Trinajstić information content (AvgIpc) is 2.53. The Hall–Kier alpha value is -2.06. The fourth-order valence-corrected chi connectivity index (χ4v) is 3.11. The van der Waals surface area contributed by atoms with Crippen molar-refractivity contribution in [1.82, 2.24) is 0 Å². The molecule has 0 amide bonds. The molecule has 0 atom stereocenters. The zero-order valence-corrected chi connectivity index (χ0v) is 12.7. The summed E-state index contributed by atoms with van der Waals surface area (Å²) >= 11 is 1.59. The Bertz CT molecular complexity index is 770. The molecule has 0 aliphatic rings. The van der Waals surface area contributed by atoms with Crippen molar-refractivity contribution in [1.29, 1.82) is 0 Å². The van der Waals surface area contributed by atoms with Gasteiger partial charge in [0.2, 0.25) is 0 Å². The van der Waals surface area contributed by atoms with Gasteiger partial charge in [0.05, 0.1) is 5.75 Å². The molecule has 3 rings (SSSR count). The minimum absolute atomic E-state index is 0.178. The molecule has 0 spiro atoms. The summed E-state index contributed by atoms with van der Waals surface area (Å²) in [6.45, 7) is 2.07. The van der Waals surface area contributed by atoms with E-state index in [1.807, 2.05) is 42.5 Å². The quantitative estimate of drug-likeness (QED) is 0.490. The van der Waals surface area contributed by atoms with Crippen molar-refractivity contribution < 1.29 is 4.79 Å². The highest BCUT2D eigenvalue weighted by molar-refractivity contribution is 8.00. The average molecular weight is 292 g/mol. The van der Waals surface area contributed by atoms with Crippen LogP contribution in [0.15, 0.2) is 71.6 Å². The molecule has 3 aromatic carbocycles. The molecular weight excluding hydrogens is 276 g/mol. The summed E-state index contributed by atoms with van der Waals surface area (Å²) in [5.41, 5.74) is 2.05. The van der Waals surface area contributed by atoms with Gasteiger partial charge in [0, 0.05) is 10.5 Å². The molecule has 21 heavy (non-hydrogen) atoms. The Morgan fingerprint density at radius 1 is 0.905 bits per heavy atom. The van der Waals surface area contributed by atoms with Gasteiger partial charge in [0.15, 0.2) is 5.78 Å². The van der Waals surface area contributed by atoms with Crippen LogP contribution in [0.5, 0.6) is 0 Å². The lowest BCUT2D eigenvalue weighted by Gasteiger charge is -2.06. The minimum Gasteiger partial charge on any atom is -0.293 e. The first-order chi connectivity index (χ1) is 10.2. The third-order valence-corrected chi connectivity index (χ3v) is 4.49. The summed E-state index contributed by atoms with van der Waals surface area (Å²) in [4.78, 5) is 13.6. The van der Waals surface area contributed by atoms with Gasteiger partial charge in [-0.25, -0.2) is 0 Å². The van der Waals surface area contributed by atoms with Gasteiger partial charge in [-0.1, -0.05) is 60.2 Å². The van der Waals surface area contributed by atoms with Gasteiger partial charge in [-0.2, -0.15) is 0 Å². The summed E-state index contributed by atoms with van der Waals surface area (Å²) in [5.74, 6) is 0.647. The van der Waals surface area contributed by atoms with Crippen LogP contribution in [0.25, 0.3) is 10.8 Å². The van der Waals surface area contributed by atoms with Crippen molar-refractivity contribution in [2.45, 2.75) is 11.8 Å². The number of aryl methyl sites for hydroxylation is 1. The maximum absolute atomic E-state index is 12.5. The summed E-state index contributed by atoms with van der Waals surface area (Å²) in [7, 11) is 0. The monoisotopic (exact) mass is 292 g/mol. The molecule has 0 bridgehead atoms. The van der Waals surface area contributed by atoms with E-state index in [-0.39, 0.29) is 5.78 Å². The Balaban J connectivity index is 1.79. The Morgan fingerprint density at radius 3 is 2.43 bits per heavy atom. The predicted octanol–water partition coefficient (Wildman–Crippen LogP) is 5.12. The van der Waals surface area contributed by atoms with Gasteiger partial charge < -0.3 is 0 Å². The molecule has 0 heterocycles. The topological polar surface area (TPSA) is 17.1 Å². The largest absolute Gasteiger partial charge is 0.293 e. The highest BCUT2D eigenvalue weighted by Crippen LogP contribution is 2.23. The van der Waals surface area contributed by atoms with Gasteiger partial charge in [-0.15, -0.1) is 11.8 Å². The fourth-order valence-electron chi connectivity index (χ4n) is 2.33. The molecule has 0 unspecified atom stereocenters. The second-order valence-electron chi connectivity index (χ2n) is 5.05. The molecule has 0 radical (unpaired) electrons. The molecule has 2 heteroatoms. The van der Waals surface area contributed by atoms with Crippen molar-refractivity contribution in [3.05, 3.63) is 77.9 Å². The van der Waals surface area contributed by atoms with E-state index in [2.05, 4.69) is 31.2 Å². The Kier molecular flexibility index (Phi) is 4.07. The van der Waals surface area contributed by atoms with Crippen LogP contribution < -0.4 is 0 Å². The summed E-state index contributed by atoms with van der Waals surface area (Å²) in [6, 6.07) is 22.2. The van der Waals surface area contributed by atoms with Crippen LogP contribution in [-0.4, -0.2) is 11.5 Å². The SMILES string of the molecule is Cc1ccc(SCC(=O)c2cccc3ccccc23)cc1. The first kappa shape index (κ1) is 13.9. The van der Waals surface area contributed by atoms with Gasteiger partial charge >= 0.3 is 0 Å². The maximum atomic E-state index is 12.5. The van der Waals surface area contributed by atoms with E-state index in [9.17, 15) is 4.79 Å². The first-order valence-electron chi connectivity index (χ1n) is 6.94. The molecule has 0 N–H and O–H groups in total. The lowest BCUT2D eigenvalue weighted by molar-refractivity contribution is 0.102. The minimum atomic E-state index is 0.178. The van der Waals surface area contributed by atoms with Crippen molar-refractivity contribution in [3.8, 4) is 0 Å². The number of Topliss-reactive ketones (excluding diaryl/α,β-unsaturated/α-hetero) is 1. The second kappa shape index (κ2) is 6.15. The molecule has 3 aromatic rings. The zero-order chi connectivity index (χ0) is 14.7. The normalized spacial score (nSPS) is 10.7. The highest BCUT2D eigenvalue weighted by Gasteiger charge is 2.10. The Morgan fingerprint density at radius 2 is 1.62 bits per heavy atom. The van der Waals surface area contributed by atoms with Crippen molar-refractivity contribution in [2.75, 3.05) is 5.75 Å². The summed E-state index contributed by atoms with van der Waals surface area (Å²) in [5, 5.41) is 2.15. The van der Waals surface area contributed by atoms with Crippen molar-refractivity contribution in [3.63, 3.8) is 0 Å². The van der Waals surface area contributed by atoms with E-state index in [0.29, 0.717) is 5.75 Å². The van der Waals surface area contributed by atoms with Crippen LogP contribution in [0.1, 0.15) is 15.9 Å². The Labute approximate surface area is 129 Å². The van der Waals surface area contributed by atoms with Crippen molar-refractivity contribution >= 4 is 28.3 Å². The molecule has 0 saturated heterocycles. The molecule has 0 saturated carbocycles. The van der Waals surface area contributed by atoms with E-state index in [0.717, 1.165) is 21.2 Å². The first-order valence-corrected chi connectivity index (χ1v) is 7.93. The number of carbonyl (C=O) groups is 1. The highest BCUT2D eigenvalue weighted by atomic mass is 32.2. The number of rotatable bonds is 4. The second-order valence-corrected chi connectivity index (χ2v) is 6.10. The zero-order valence-electron chi connectivity index (χ0n) is 11.9. The van der Waals surface area contributed by atoms with E-state index in [1.54, 1.807) is 11.8 Å². The fraction of sp³-hybridized carbons (Fsp3) is 0.105. The van der Waals surface area contributed by atoms with Crippen LogP contribution in [0.2, 0.25) is 0 Å². The van der Waals surface area contributed by atoms with Gasteiger partial charge in [0.1, 0.15) is 0 Å². The molecule has 104 valence electrons. The number of hydrogen-bond acceptors (Lipinski definition) is 2. The third kappa shape index (κ3) is 3.17. The third-order valence-electron chi connectivity index (χ3n) is 3.48. The van der Waals surface area contributed by atoms with Gasteiger partial charge in [-0.05, 0) is 29.8 Å². The number of carbonyl (C=O) groups excluding carboxylic acids is 1. The standard InChI is InChI=1S/C19H16OS/c1-14-9-11-16(12-10-14)21-13-19(20)18-8-4-6-15-5-2-3-7-17(15)18/h2-12H,13H2,1H3. The van der Waals surface area contributed by atoms with E-state index < -0.39 is 0 Å². The van der Waals surface area contributed by atoms with Crippen LogP contribution >= 0.6 is 11.8 Å². The van der Waals surface area contributed by atoms with E-state index >= 15 is 0 Å². The van der Waals surface area contributed by atoms with E-state index in [4.69, 9.17) is 0 Å². The lowest BCUT2D eigenvalue weighted by Crippen LogP contribution is -2.03. The maximum Gasteiger partial charge on any atom is 0.173 e. The molecule has 0 aliphatic carbocycles. The van der Waals surface area contributed by atoms with Crippen molar-refractivity contribution in [2.24, 2.45) is 0 Å². The molecule has 1 nitrogen and oxygen atoms in total. The summed E-state index contributed by atoms with van der Waals surface area (Å²) in [6.07, 6.45) is 0. The predicted molar refractivity (Wildman–Crippen MR) is 90.2 cm³/mol. The molecular formula is C19H16OS. The van der Waals surface area contributed by atoms with Crippen LogP contribution in [-0.2, 0) is 0 Å². The number of ketones is 1. The van der Waals surface area contributed by atoms with Crippen LogP contribution in [0.3, 0.4) is 0 Å². The van der Waals surface area contributed by atoms with Gasteiger partial charge in [-0.3, -0.25) is 4.79 Å². The molecule has 0 aromatic heterocycles. The number of benzene rings is 3. The molecule has 0 aliphatic heterocycles.